The van der Waals surface area contributed by atoms with Gasteiger partial charge in [-0.1, -0.05) is 30.3 Å². The van der Waals surface area contributed by atoms with Gasteiger partial charge in [-0.15, -0.1) is 0 Å². The van der Waals surface area contributed by atoms with Gasteiger partial charge in [-0.2, -0.15) is 0 Å². The van der Waals surface area contributed by atoms with Crippen molar-refractivity contribution in [1.29, 1.82) is 0 Å². The fraction of sp³-hybridized carbons (Fsp3) is 0.304. The molecule has 0 saturated heterocycles. The van der Waals surface area contributed by atoms with Gasteiger partial charge < -0.3 is 4.74 Å². The second-order valence-corrected chi connectivity index (χ2v) is 7.29. The number of nitrogens with zero attached hydrogens (tertiary/aromatic N) is 2. The number of rotatable bonds is 4. The van der Waals surface area contributed by atoms with Crippen LogP contribution in [0.2, 0.25) is 0 Å². The summed E-state index contributed by atoms with van der Waals surface area (Å²) in [4.78, 5) is 54.2. The van der Waals surface area contributed by atoms with Crippen LogP contribution in [0.15, 0.2) is 48.5 Å². The minimum atomic E-state index is -0.972. The van der Waals surface area contributed by atoms with E-state index in [1.165, 1.54) is 4.90 Å². The van der Waals surface area contributed by atoms with Gasteiger partial charge in [-0.25, -0.2) is 0 Å². The highest BCUT2D eigenvalue weighted by atomic mass is 16.5. The average Bonchev–Trinajstić information content (AvgIpc) is 2.99. The molecule has 0 saturated carbocycles. The molecule has 1 atom stereocenters. The highest BCUT2D eigenvalue weighted by Crippen LogP contribution is 2.32. The Morgan fingerprint density at radius 2 is 1.63 bits per heavy atom. The third-order valence-electron chi connectivity index (χ3n) is 5.49. The molecule has 2 aliphatic heterocycles. The summed E-state index contributed by atoms with van der Waals surface area (Å²) in [5.74, 6) is -1.94. The molecular formula is C23H22N2O5. The molecule has 0 N–H and O–H groups in total. The molecule has 7 heteroatoms. The van der Waals surface area contributed by atoms with Crippen LogP contribution < -0.4 is 4.90 Å². The second-order valence-electron chi connectivity index (χ2n) is 7.29. The predicted octanol–water partition coefficient (Wildman–Crippen LogP) is 2.58. The Hall–Kier alpha value is -3.48. The maximum atomic E-state index is 13.6. The number of carbonyl (C=O) groups excluding carboxylic acids is 4. The molecule has 0 fully saturated rings. The van der Waals surface area contributed by atoms with Crippen molar-refractivity contribution in [2.75, 3.05) is 18.1 Å². The molecular weight excluding hydrogens is 384 g/mol. The van der Waals surface area contributed by atoms with Crippen LogP contribution in [0, 0.1) is 0 Å². The summed E-state index contributed by atoms with van der Waals surface area (Å²) in [7, 11) is 0. The molecule has 0 bridgehead atoms. The first-order valence-corrected chi connectivity index (χ1v) is 10.0. The summed E-state index contributed by atoms with van der Waals surface area (Å²) < 4.78 is 5.05. The van der Waals surface area contributed by atoms with Crippen LogP contribution in [0.1, 0.15) is 46.0 Å². The van der Waals surface area contributed by atoms with Crippen LogP contribution in [-0.4, -0.2) is 47.8 Å². The summed E-state index contributed by atoms with van der Waals surface area (Å²) >= 11 is 0. The van der Waals surface area contributed by atoms with Crippen LogP contribution in [0.3, 0.4) is 0 Å². The summed E-state index contributed by atoms with van der Waals surface area (Å²) in [5, 5.41) is 0. The topological polar surface area (TPSA) is 84.0 Å². The first kappa shape index (κ1) is 19.8. The maximum Gasteiger partial charge on any atom is 0.326 e. The number of ether oxygens (including phenoxy) is 1. The molecule has 154 valence electrons. The summed E-state index contributed by atoms with van der Waals surface area (Å²) in [6, 6.07) is 13.0. The lowest BCUT2D eigenvalue weighted by molar-refractivity contribution is -0.142. The number of hydrogen-bond donors (Lipinski definition) is 0. The number of para-hydroxylation sites is 1. The Labute approximate surface area is 174 Å². The van der Waals surface area contributed by atoms with Gasteiger partial charge in [0.1, 0.15) is 12.6 Å². The molecule has 30 heavy (non-hydrogen) atoms. The van der Waals surface area contributed by atoms with Gasteiger partial charge in [0.15, 0.2) is 0 Å². The van der Waals surface area contributed by atoms with E-state index in [2.05, 4.69) is 0 Å². The predicted molar refractivity (Wildman–Crippen MR) is 109 cm³/mol. The average molecular weight is 406 g/mol. The standard InChI is InChI=1S/C23H22N2O5/c1-2-30-20(26)14-24-18-12-6-3-8-15(18)9-7-13-19(23(24)29)25-21(27)16-10-4-5-11-17(16)22(25)28/h3-6,8,10-12,19H,2,7,9,13-14H2,1H3. The van der Waals surface area contributed by atoms with Crippen molar-refractivity contribution in [2.24, 2.45) is 0 Å². The van der Waals surface area contributed by atoms with E-state index in [9.17, 15) is 19.2 Å². The van der Waals surface area contributed by atoms with Crippen molar-refractivity contribution in [1.82, 2.24) is 4.90 Å². The van der Waals surface area contributed by atoms with Crippen LogP contribution in [-0.2, 0) is 20.7 Å². The molecule has 0 spiro atoms. The van der Waals surface area contributed by atoms with Crippen molar-refractivity contribution in [3.8, 4) is 0 Å². The molecule has 7 nitrogen and oxygen atoms in total. The van der Waals surface area contributed by atoms with Gasteiger partial charge in [0, 0.05) is 5.69 Å². The highest BCUT2D eigenvalue weighted by molar-refractivity contribution is 6.23. The largest absolute Gasteiger partial charge is 0.465 e. The van der Waals surface area contributed by atoms with Crippen molar-refractivity contribution in [3.05, 3.63) is 65.2 Å². The number of anilines is 1. The minimum Gasteiger partial charge on any atom is -0.465 e. The molecule has 4 rings (SSSR count). The molecule has 2 aromatic rings. The SMILES string of the molecule is CCOC(=O)CN1C(=O)C(N2C(=O)c3ccccc3C2=O)CCCc2ccccc21. The number of hydrogen-bond acceptors (Lipinski definition) is 5. The summed E-state index contributed by atoms with van der Waals surface area (Å²) in [5.41, 5.74) is 2.15. The van der Waals surface area contributed by atoms with E-state index >= 15 is 0 Å². The van der Waals surface area contributed by atoms with Crippen molar-refractivity contribution in [3.63, 3.8) is 0 Å². The van der Waals surface area contributed by atoms with Crippen molar-refractivity contribution in [2.45, 2.75) is 32.2 Å². The van der Waals surface area contributed by atoms with Gasteiger partial charge in [-0.05, 0) is 49.9 Å². The minimum absolute atomic E-state index is 0.199. The highest BCUT2D eigenvalue weighted by Gasteiger charge is 2.44. The van der Waals surface area contributed by atoms with Crippen LogP contribution in [0.5, 0.6) is 0 Å². The lowest BCUT2D eigenvalue weighted by Gasteiger charge is -2.34. The lowest BCUT2D eigenvalue weighted by atomic mass is 9.97. The smallest absolute Gasteiger partial charge is 0.326 e. The number of amides is 3. The summed E-state index contributed by atoms with van der Waals surface area (Å²) in [6.07, 6.45) is 1.63. The first-order chi connectivity index (χ1) is 14.5. The Morgan fingerprint density at radius 1 is 1.00 bits per heavy atom. The number of carbonyl (C=O) groups is 4. The molecule has 0 aromatic heterocycles. The van der Waals surface area contributed by atoms with E-state index in [0.29, 0.717) is 36.1 Å². The molecule has 2 heterocycles. The van der Waals surface area contributed by atoms with Crippen LogP contribution >= 0.6 is 0 Å². The monoisotopic (exact) mass is 406 g/mol. The fourth-order valence-electron chi connectivity index (χ4n) is 4.12. The fourth-order valence-corrected chi connectivity index (χ4v) is 4.12. The van der Waals surface area contributed by atoms with Crippen LogP contribution in [0.4, 0.5) is 5.69 Å². The van der Waals surface area contributed by atoms with E-state index in [0.717, 1.165) is 10.5 Å². The molecule has 2 aliphatic rings. The summed E-state index contributed by atoms with van der Waals surface area (Å²) in [6.45, 7) is 1.62. The molecule has 0 radical (unpaired) electrons. The van der Waals surface area contributed by atoms with Gasteiger partial charge in [0.25, 0.3) is 17.7 Å². The maximum absolute atomic E-state index is 13.6. The molecule has 3 amide bonds. The van der Waals surface area contributed by atoms with Crippen molar-refractivity contribution >= 4 is 29.4 Å². The number of fused-ring (bicyclic) bond motifs is 2. The van der Waals surface area contributed by atoms with E-state index in [-0.39, 0.29) is 13.2 Å². The Bertz CT molecular complexity index is 997. The number of aryl methyl sites for hydroxylation is 1. The van der Waals surface area contributed by atoms with Gasteiger partial charge in [-0.3, -0.25) is 29.0 Å². The number of benzene rings is 2. The third-order valence-corrected chi connectivity index (χ3v) is 5.49. The zero-order valence-electron chi connectivity index (χ0n) is 16.7. The van der Waals surface area contributed by atoms with Crippen molar-refractivity contribution < 1.29 is 23.9 Å². The third kappa shape index (κ3) is 3.36. The van der Waals surface area contributed by atoms with Crippen LogP contribution in [0.25, 0.3) is 0 Å². The van der Waals surface area contributed by atoms with E-state index < -0.39 is 29.7 Å². The zero-order valence-corrected chi connectivity index (χ0v) is 16.7. The van der Waals surface area contributed by atoms with E-state index in [1.807, 2.05) is 12.1 Å². The van der Waals surface area contributed by atoms with E-state index in [4.69, 9.17) is 4.74 Å². The quantitative estimate of drug-likeness (QED) is 0.576. The molecule has 2 aromatic carbocycles. The van der Waals surface area contributed by atoms with Gasteiger partial charge in [0.2, 0.25) is 0 Å². The molecule has 1 unspecified atom stereocenters. The Kier molecular flexibility index (Phi) is 5.35. The van der Waals surface area contributed by atoms with Gasteiger partial charge in [0.05, 0.1) is 17.7 Å². The number of imide groups is 1. The second kappa shape index (κ2) is 8.10. The van der Waals surface area contributed by atoms with E-state index in [1.54, 1.807) is 43.3 Å². The van der Waals surface area contributed by atoms with Gasteiger partial charge >= 0.3 is 5.97 Å². The number of esters is 1. The zero-order chi connectivity index (χ0) is 21.3. The Balaban J connectivity index is 1.72. The Morgan fingerprint density at radius 3 is 2.30 bits per heavy atom. The normalized spacial score (nSPS) is 18.6. The molecule has 0 aliphatic carbocycles. The lowest BCUT2D eigenvalue weighted by Crippen LogP contribution is -2.53. The first-order valence-electron chi connectivity index (χ1n) is 10.0.